The molecule has 1 N–H and O–H groups in total. The highest BCUT2D eigenvalue weighted by Crippen LogP contribution is 2.28. The van der Waals surface area contributed by atoms with Crippen molar-refractivity contribution >= 4 is 43.5 Å². The minimum Gasteiger partial charge on any atom is -0.321 e. The minimum atomic E-state index is -0.394. The molecule has 0 bridgehead atoms. The van der Waals surface area contributed by atoms with Gasteiger partial charge < -0.3 is 5.32 Å². The Bertz CT molecular complexity index is 663. The molecule has 2 aromatic carbocycles. The van der Waals surface area contributed by atoms with Crippen molar-refractivity contribution in [3.05, 3.63) is 61.8 Å². The standard InChI is InChI=1S/C15H12Br2FNO/c1-8-5-9(2)14(12(17)6-8)19-15(20)10-3-4-13(18)11(16)7-10/h3-7H,1-2H3,(H,19,20). The van der Waals surface area contributed by atoms with Crippen molar-refractivity contribution < 1.29 is 9.18 Å². The molecular weight excluding hydrogens is 389 g/mol. The second kappa shape index (κ2) is 6.06. The summed E-state index contributed by atoms with van der Waals surface area (Å²) in [5.74, 6) is -0.674. The summed E-state index contributed by atoms with van der Waals surface area (Å²) in [4.78, 5) is 12.2. The van der Waals surface area contributed by atoms with E-state index < -0.39 is 5.82 Å². The van der Waals surface area contributed by atoms with E-state index in [9.17, 15) is 9.18 Å². The number of anilines is 1. The summed E-state index contributed by atoms with van der Waals surface area (Å²) in [6.45, 7) is 3.91. The second-order valence-electron chi connectivity index (χ2n) is 4.52. The van der Waals surface area contributed by atoms with Crippen LogP contribution in [0.3, 0.4) is 0 Å². The zero-order valence-corrected chi connectivity index (χ0v) is 14.1. The first kappa shape index (κ1) is 15.2. The number of halogens is 3. The third-order valence-corrected chi connectivity index (χ3v) is 4.09. The molecule has 0 fully saturated rings. The van der Waals surface area contributed by atoms with Gasteiger partial charge in [-0.3, -0.25) is 4.79 Å². The summed E-state index contributed by atoms with van der Waals surface area (Å²) < 4.78 is 14.3. The van der Waals surface area contributed by atoms with Gasteiger partial charge in [0.05, 0.1) is 10.2 Å². The van der Waals surface area contributed by atoms with E-state index >= 15 is 0 Å². The molecule has 0 aromatic heterocycles. The molecule has 0 saturated heterocycles. The summed E-state index contributed by atoms with van der Waals surface area (Å²) >= 11 is 6.52. The van der Waals surface area contributed by atoms with Gasteiger partial charge in [0.15, 0.2) is 0 Å². The van der Waals surface area contributed by atoms with Crippen LogP contribution in [0, 0.1) is 19.7 Å². The maximum Gasteiger partial charge on any atom is 0.255 e. The van der Waals surface area contributed by atoms with E-state index in [-0.39, 0.29) is 10.4 Å². The Morgan fingerprint density at radius 1 is 1.10 bits per heavy atom. The minimum absolute atomic E-state index is 0.268. The first-order valence-electron chi connectivity index (χ1n) is 5.91. The molecule has 2 rings (SSSR count). The third kappa shape index (κ3) is 3.27. The number of aryl methyl sites for hydroxylation is 2. The van der Waals surface area contributed by atoms with Gasteiger partial charge in [-0.25, -0.2) is 4.39 Å². The lowest BCUT2D eigenvalue weighted by atomic mass is 10.1. The molecule has 0 saturated carbocycles. The van der Waals surface area contributed by atoms with E-state index in [4.69, 9.17) is 0 Å². The number of carbonyl (C=O) groups excluding carboxylic acids is 1. The number of carbonyl (C=O) groups is 1. The van der Waals surface area contributed by atoms with Gasteiger partial charge in [-0.2, -0.15) is 0 Å². The highest BCUT2D eigenvalue weighted by molar-refractivity contribution is 9.10. The average molecular weight is 401 g/mol. The monoisotopic (exact) mass is 399 g/mol. The van der Waals surface area contributed by atoms with Crippen LogP contribution in [0.1, 0.15) is 21.5 Å². The first-order chi connectivity index (χ1) is 9.38. The Morgan fingerprint density at radius 3 is 2.40 bits per heavy atom. The van der Waals surface area contributed by atoms with Crippen LogP contribution in [0.25, 0.3) is 0 Å². The van der Waals surface area contributed by atoms with Crippen LogP contribution < -0.4 is 5.32 Å². The van der Waals surface area contributed by atoms with Crippen molar-refractivity contribution in [1.82, 2.24) is 0 Å². The Labute approximate surface area is 133 Å². The van der Waals surface area contributed by atoms with Gasteiger partial charge in [-0.1, -0.05) is 6.07 Å². The van der Waals surface area contributed by atoms with Crippen molar-refractivity contribution in [3.63, 3.8) is 0 Å². The molecule has 2 nitrogen and oxygen atoms in total. The SMILES string of the molecule is Cc1cc(C)c(NC(=O)c2ccc(F)c(Br)c2)c(Br)c1. The lowest BCUT2D eigenvalue weighted by Gasteiger charge is -2.12. The van der Waals surface area contributed by atoms with Gasteiger partial charge in [0, 0.05) is 10.0 Å². The Hall–Kier alpha value is -1.20. The van der Waals surface area contributed by atoms with E-state index in [1.807, 2.05) is 26.0 Å². The lowest BCUT2D eigenvalue weighted by Crippen LogP contribution is -2.13. The van der Waals surface area contributed by atoms with Crippen molar-refractivity contribution in [2.24, 2.45) is 0 Å². The predicted molar refractivity (Wildman–Crippen MR) is 85.7 cm³/mol. The average Bonchev–Trinajstić information content (AvgIpc) is 2.36. The number of nitrogens with one attached hydrogen (secondary N) is 1. The molecule has 0 aliphatic heterocycles. The third-order valence-electron chi connectivity index (χ3n) is 2.85. The van der Waals surface area contributed by atoms with Crippen molar-refractivity contribution in [3.8, 4) is 0 Å². The summed E-state index contributed by atoms with van der Waals surface area (Å²) in [5.41, 5.74) is 3.19. The fraction of sp³-hybridized carbons (Fsp3) is 0.133. The van der Waals surface area contributed by atoms with Crippen LogP contribution in [0.2, 0.25) is 0 Å². The molecule has 0 atom stereocenters. The van der Waals surface area contributed by atoms with Gasteiger partial charge in [0.25, 0.3) is 5.91 Å². The number of hydrogen-bond acceptors (Lipinski definition) is 1. The van der Waals surface area contributed by atoms with Crippen LogP contribution >= 0.6 is 31.9 Å². The van der Waals surface area contributed by atoms with Crippen LogP contribution in [0.4, 0.5) is 10.1 Å². The van der Waals surface area contributed by atoms with E-state index in [1.54, 1.807) is 0 Å². The fourth-order valence-corrected chi connectivity index (χ4v) is 3.05. The lowest BCUT2D eigenvalue weighted by molar-refractivity contribution is 0.102. The molecule has 2 aromatic rings. The highest BCUT2D eigenvalue weighted by atomic mass is 79.9. The fourth-order valence-electron chi connectivity index (χ4n) is 1.90. The molecule has 0 unspecified atom stereocenters. The van der Waals surface area contributed by atoms with Crippen molar-refractivity contribution in [2.45, 2.75) is 13.8 Å². The van der Waals surface area contributed by atoms with Gasteiger partial charge in [-0.15, -0.1) is 0 Å². The van der Waals surface area contributed by atoms with E-state index in [1.165, 1.54) is 18.2 Å². The molecule has 0 aliphatic carbocycles. The van der Waals surface area contributed by atoms with Crippen molar-refractivity contribution in [2.75, 3.05) is 5.32 Å². The number of amides is 1. The van der Waals surface area contributed by atoms with Crippen LogP contribution in [0.15, 0.2) is 39.3 Å². The van der Waals surface area contributed by atoms with Crippen LogP contribution in [0.5, 0.6) is 0 Å². The topological polar surface area (TPSA) is 29.1 Å². The molecule has 20 heavy (non-hydrogen) atoms. The molecule has 0 heterocycles. The summed E-state index contributed by atoms with van der Waals surface area (Å²) in [7, 11) is 0. The molecule has 5 heteroatoms. The second-order valence-corrected chi connectivity index (χ2v) is 6.23. The molecule has 0 radical (unpaired) electrons. The maximum absolute atomic E-state index is 13.2. The van der Waals surface area contributed by atoms with Crippen LogP contribution in [-0.2, 0) is 0 Å². The normalized spacial score (nSPS) is 10.4. The quantitative estimate of drug-likeness (QED) is 0.735. The van der Waals surface area contributed by atoms with Gasteiger partial charge in [-0.05, 0) is 81.1 Å². The molecule has 104 valence electrons. The molecule has 1 amide bonds. The Kier molecular flexibility index (Phi) is 4.60. The Morgan fingerprint density at radius 2 is 1.80 bits per heavy atom. The smallest absolute Gasteiger partial charge is 0.255 e. The number of rotatable bonds is 2. The van der Waals surface area contributed by atoms with Gasteiger partial charge >= 0.3 is 0 Å². The van der Waals surface area contributed by atoms with E-state index in [0.717, 1.165) is 21.3 Å². The summed E-state index contributed by atoms with van der Waals surface area (Å²) in [6, 6.07) is 8.09. The summed E-state index contributed by atoms with van der Waals surface area (Å²) in [5, 5.41) is 2.84. The summed E-state index contributed by atoms with van der Waals surface area (Å²) in [6.07, 6.45) is 0. The zero-order valence-electron chi connectivity index (χ0n) is 10.9. The molecule has 0 aliphatic rings. The molecular formula is C15H12Br2FNO. The van der Waals surface area contributed by atoms with E-state index in [0.29, 0.717) is 5.56 Å². The molecule has 0 spiro atoms. The maximum atomic E-state index is 13.2. The predicted octanol–water partition coefficient (Wildman–Crippen LogP) is 5.22. The van der Waals surface area contributed by atoms with Gasteiger partial charge in [0.2, 0.25) is 0 Å². The number of benzene rings is 2. The van der Waals surface area contributed by atoms with E-state index in [2.05, 4.69) is 37.2 Å². The zero-order chi connectivity index (χ0) is 14.9. The van der Waals surface area contributed by atoms with Crippen LogP contribution in [-0.4, -0.2) is 5.91 Å². The number of hydrogen-bond donors (Lipinski definition) is 1. The first-order valence-corrected chi connectivity index (χ1v) is 7.50. The Balaban J connectivity index is 2.30. The largest absolute Gasteiger partial charge is 0.321 e. The van der Waals surface area contributed by atoms with Crippen molar-refractivity contribution in [1.29, 1.82) is 0 Å². The van der Waals surface area contributed by atoms with Gasteiger partial charge in [0.1, 0.15) is 5.82 Å². The highest BCUT2D eigenvalue weighted by Gasteiger charge is 2.12.